The van der Waals surface area contributed by atoms with Gasteiger partial charge in [-0.3, -0.25) is 0 Å². The highest BCUT2D eigenvalue weighted by atomic mass is 32.2. The molecule has 22 heavy (non-hydrogen) atoms. The van der Waals surface area contributed by atoms with Crippen LogP contribution in [-0.4, -0.2) is 30.5 Å². The largest absolute Gasteiger partial charge is 0.381 e. The highest BCUT2D eigenvalue weighted by Crippen LogP contribution is 2.33. The summed E-state index contributed by atoms with van der Waals surface area (Å²) in [7, 11) is 0. The van der Waals surface area contributed by atoms with Crippen LogP contribution in [0.2, 0.25) is 0 Å². The molecular formula is C17H26N2O2S. The standard InChI is InChI=1S/C17H26N2O2S/c1-12-9-14(22-17(2,3)4)5-6-15(12)19-16(20)18-10-13-7-8-21-11-13/h5-6,9,13H,7-8,10-11H2,1-4H3,(H2,18,19,20). The lowest BCUT2D eigenvalue weighted by Crippen LogP contribution is -2.33. The SMILES string of the molecule is Cc1cc(SC(C)(C)C)ccc1NC(=O)NCC1CCOC1. The van der Waals surface area contributed by atoms with Crippen molar-refractivity contribution >= 4 is 23.5 Å². The van der Waals surface area contributed by atoms with Gasteiger partial charge in [-0.05, 0) is 37.1 Å². The van der Waals surface area contributed by atoms with Crippen LogP contribution in [0.4, 0.5) is 10.5 Å². The predicted octanol–water partition coefficient (Wildman–Crippen LogP) is 4.04. The Kier molecular flexibility index (Phi) is 5.75. The molecule has 2 rings (SSSR count). The summed E-state index contributed by atoms with van der Waals surface area (Å²) < 4.78 is 5.49. The molecule has 5 heteroatoms. The number of thioether (sulfide) groups is 1. The van der Waals surface area contributed by atoms with E-state index >= 15 is 0 Å². The van der Waals surface area contributed by atoms with Gasteiger partial charge in [0, 0.05) is 34.4 Å². The summed E-state index contributed by atoms with van der Waals surface area (Å²) in [6, 6.07) is 6.01. The third-order valence-corrected chi connectivity index (χ3v) is 4.55. The number of carbonyl (C=O) groups excluding carboxylic acids is 1. The van der Waals surface area contributed by atoms with Crippen molar-refractivity contribution in [1.29, 1.82) is 0 Å². The first-order chi connectivity index (χ1) is 10.3. The molecule has 0 aromatic heterocycles. The monoisotopic (exact) mass is 322 g/mol. The zero-order valence-electron chi connectivity index (χ0n) is 13.9. The first-order valence-corrected chi connectivity index (χ1v) is 8.57. The third kappa shape index (κ3) is 5.54. The molecule has 1 aromatic carbocycles. The Morgan fingerprint density at radius 2 is 2.18 bits per heavy atom. The van der Waals surface area contributed by atoms with E-state index < -0.39 is 0 Å². The fourth-order valence-electron chi connectivity index (χ4n) is 2.34. The van der Waals surface area contributed by atoms with Gasteiger partial charge in [0.25, 0.3) is 0 Å². The van der Waals surface area contributed by atoms with Crippen molar-refractivity contribution < 1.29 is 9.53 Å². The van der Waals surface area contributed by atoms with Crippen molar-refractivity contribution in [2.75, 3.05) is 25.1 Å². The highest BCUT2D eigenvalue weighted by molar-refractivity contribution is 8.00. The molecule has 2 N–H and O–H groups in total. The molecule has 0 aliphatic carbocycles. The Morgan fingerprint density at radius 3 is 2.77 bits per heavy atom. The number of carbonyl (C=O) groups is 1. The number of rotatable bonds is 4. The molecule has 122 valence electrons. The fraction of sp³-hybridized carbons (Fsp3) is 0.588. The zero-order chi connectivity index (χ0) is 16.2. The Hall–Kier alpha value is -1.20. The Morgan fingerprint density at radius 1 is 1.41 bits per heavy atom. The first-order valence-electron chi connectivity index (χ1n) is 7.76. The van der Waals surface area contributed by atoms with Crippen molar-refractivity contribution in [2.45, 2.75) is 43.8 Å². The van der Waals surface area contributed by atoms with Gasteiger partial charge in [-0.15, -0.1) is 11.8 Å². The number of nitrogens with one attached hydrogen (secondary N) is 2. The lowest BCUT2D eigenvalue weighted by Gasteiger charge is -2.18. The van der Waals surface area contributed by atoms with E-state index in [1.807, 2.05) is 24.8 Å². The van der Waals surface area contributed by atoms with E-state index in [9.17, 15) is 4.79 Å². The lowest BCUT2D eigenvalue weighted by molar-refractivity contribution is 0.185. The fourth-order valence-corrected chi connectivity index (χ4v) is 3.42. The average molecular weight is 322 g/mol. The second-order valence-electron chi connectivity index (χ2n) is 6.76. The number of hydrogen-bond acceptors (Lipinski definition) is 3. The van der Waals surface area contributed by atoms with E-state index in [0.29, 0.717) is 12.5 Å². The number of hydrogen-bond donors (Lipinski definition) is 2. The predicted molar refractivity (Wildman–Crippen MR) is 92.7 cm³/mol. The van der Waals surface area contributed by atoms with Crippen molar-refractivity contribution in [2.24, 2.45) is 5.92 Å². The van der Waals surface area contributed by atoms with E-state index in [1.165, 1.54) is 4.90 Å². The van der Waals surface area contributed by atoms with Crippen LogP contribution in [0.3, 0.4) is 0 Å². The smallest absolute Gasteiger partial charge is 0.319 e. The molecule has 1 aliphatic heterocycles. The van der Waals surface area contributed by atoms with Gasteiger partial charge in [-0.25, -0.2) is 4.79 Å². The number of aryl methyl sites for hydroxylation is 1. The number of anilines is 1. The van der Waals surface area contributed by atoms with Gasteiger partial charge in [0.1, 0.15) is 0 Å². The first kappa shape index (κ1) is 17.2. The maximum atomic E-state index is 12.0. The van der Waals surface area contributed by atoms with E-state index in [-0.39, 0.29) is 10.8 Å². The van der Waals surface area contributed by atoms with Crippen molar-refractivity contribution in [3.05, 3.63) is 23.8 Å². The van der Waals surface area contributed by atoms with Crippen molar-refractivity contribution in [3.8, 4) is 0 Å². The van der Waals surface area contributed by atoms with Gasteiger partial charge in [0.2, 0.25) is 0 Å². The van der Waals surface area contributed by atoms with Gasteiger partial charge >= 0.3 is 6.03 Å². The molecule has 0 bridgehead atoms. The molecule has 0 saturated carbocycles. The van der Waals surface area contributed by atoms with Crippen LogP contribution in [0.15, 0.2) is 23.1 Å². The van der Waals surface area contributed by atoms with Gasteiger partial charge in [0.05, 0.1) is 6.61 Å². The Bertz CT molecular complexity index is 520. The van der Waals surface area contributed by atoms with Crippen LogP contribution in [0.5, 0.6) is 0 Å². The van der Waals surface area contributed by atoms with Gasteiger partial charge in [-0.2, -0.15) is 0 Å². The van der Waals surface area contributed by atoms with Crippen LogP contribution in [0.25, 0.3) is 0 Å². The van der Waals surface area contributed by atoms with Gasteiger partial charge in [-0.1, -0.05) is 20.8 Å². The van der Waals surface area contributed by atoms with Gasteiger partial charge in [0.15, 0.2) is 0 Å². The van der Waals surface area contributed by atoms with Crippen LogP contribution in [0, 0.1) is 12.8 Å². The highest BCUT2D eigenvalue weighted by Gasteiger charge is 2.17. The minimum Gasteiger partial charge on any atom is -0.381 e. The number of ether oxygens (including phenoxy) is 1. The number of amides is 2. The Labute approximate surface area is 137 Å². The summed E-state index contributed by atoms with van der Waals surface area (Å²) in [6.07, 6.45) is 1.03. The maximum absolute atomic E-state index is 12.0. The normalized spacial score (nSPS) is 18.3. The molecule has 1 atom stereocenters. The van der Waals surface area contributed by atoms with Crippen LogP contribution in [-0.2, 0) is 4.74 Å². The Balaban J connectivity index is 1.87. The second kappa shape index (κ2) is 7.38. The average Bonchev–Trinajstić information content (AvgIpc) is 2.91. The van der Waals surface area contributed by atoms with E-state index in [4.69, 9.17) is 4.74 Å². The quantitative estimate of drug-likeness (QED) is 0.822. The topological polar surface area (TPSA) is 50.4 Å². The van der Waals surface area contributed by atoms with Gasteiger partial charge < -0.3 is 15.4 Å². The molecule has 1 heterocycles. The van der Waals surface area contributed by atoms with E-state index in [1.54, 1.807) is 0 Å². The summed E-state index contributed by atoms with van der Waals surface area (Å²) in [4.78, 5) is 13.2. The summed E-state index contributed by atoms with van der Waals surface area (Å²) in [5, 5.41) is 5.84. The molecule has 1 saturated heterocycles. The summed E-state index contributed by atoms with van der Waals surface area (Å²) in [5.74, 6) is 0.442. The molecule has 0 radical (unpaired) electrons. The van der Waals surface area contributed by atoms with Crippen molar-refractivity contribution in [3.63, 3.8) is 0 Å². The van der Waals surface area contributed by atoms with Crippen LogP contribution in [0.1, 0.15) is 32.8 Å². The van der Waals surface area contributed by atoms with E-state index in [0.717, 1.165) is 30.9 Å². The lowest BCUT2D eigenvalue weighted by atomic mass is 10.1. The molecule has 1 fully saturated rings. The molecule has 1 unspecified atom stereocenters. The zero-order valence-corrected chi connectivity index (χ0v) is 14.7. The third-order valence-electron chi connectivity index (χ3n) is 3.45. The van der Waals surface area contributed by atoms with Crippen LogP contribution < -0.4 is 10.6 Å². The molecule has 2 amide bonds. The molecule has 1 aromatic rings. The molecule has 0 spiro atoms. The van der Waals surface area contributed by atoms with Crippen molar-refractivity contribution in [1.82, 2.24) is 5.32 Å². The number of urea groups is 1. The summed E-state index contributed by atoms with van der Waals surface area (Å²) in [5.41, 5.74) is 1.94. The molecule has 1 aliphatic rings. The second-order valence-corrected chi connectivity index (χ2v) is 8.66. The van der Waals surface area contributed by atoms with Crippen LogP contribution >= 0.6 is 11.8 Å². The minimum atomic E-state index is -0.147. The summed E-state index contributed by atoms with van der Waals surface area (Å²) in [6.45, 7) is 10.8. The molecule has 4 nitrogen and oxygen atoms in total. The maximum Gasteiger partial charge on any atom is 0.319 e. The number of benzene rings is 1. The minimum absolute atomic E-state index is 0.147. The molecular weight excluding hydrogens is 296 g/mol. The summed E-state index contributed by atoms with van der Waals surface area (Å²) >= 11 is 1.83. The van der Waals surface area contributed by atoms with E-state index in [2.05, 4.69) is 43.5 Å².